The molecule has 1 saturated carbocycles. The fourth-order valence-corrected chi connectivity index (χ4v) is 9.31. The van der Waals surface area contributed by atoms with E-state index in [0.717, 1.165) is 56.3 Å². The van der Waals surface area contributed by atoms with Crippen LogP contribution in [0.5, 0.6) is 0 Å². The van der Waals surface area contributed by atoms with Gasteiger partial charge in [-0.3, -0.25) is 0 Å². The van der Waals surface area contributed by atoms with E-state index in [4.69, 9.17) is 8.83 Å². The van der Waals surface area contributed by atoms with Gasteiger partial charge in [-0.25, -0.2) is 0 Å². The average molecular weight is 848 g/mol. The second kappa shape index (κ2) is 19.6. The van der Waals surface area contributed by atoms with Crippen LogP contribution in [0.2, 0.25) is 0 Å². The van der Waals surface area contributed by atoms with Crippen molar-refractivity contribution >= 4 is 61.2 Å². The van der Waals surface area contributed by atoms with E-state index in [1.54, 1.807) is 0 Å². The molecular weight excluding hydrogens is 791 g/mol. The van der Waals surface area contributed by atoms with Gasteiger partial charge in [0.05, 0.1) is 0 Å². The predicted octanol–water partition coefficient (Wildman–Crippen LogP) is 18.3. The summed E-state index contributed by atoms with van der Waals surface area (Å²) in [6.45, 7) is 8.42. The van der Waals surface area contributed by atoms with Gasteiger partial charge in [0.25, 0.3) is 0 Å². The zero-order valence-electron chi connectivity index (χ0n) is 38.2. The Labute approximate surface area is 383 Å². The van der Waals surface area contributed by atoms with E-state index in [2.05, 4.69) is 189 Å². The van der Waals surface area contributed by atoms with E-state index in [-0.39, 0.29) is 0 Å². The lowest BCUT2D eigenvalue weighted by atomic mass is 9.74. The van der Waals surface area contributed by atoms with Gasteiger partial charge >= 0.3 is 0 Å². The number of aryl methyl sites for hydroxylation is 1. The van der Waals surface area contributed by atoms with Crippen molar-refractivity contribution in [2.75, 3.05) is 12.4 Å². The summed E-state index contributed by atoms with van der Waals surface area (Å²) < 4.78 is 12.5. The van der Waals surface area contributed by atoms with Crippen molar-refractivity contribution in [3.8, 4) is 33.4 Å². The van der Waals surface area contributed by atoms with Gasteiger partial charge in [-0.15, -0.1) is 0 Å². The van der Waals surface area contributed by atoms with Gasteiger partial charge in [-0.1, -0.05) is 191 Å². The minimum atomic E-state index is 0.624. The van der Waals surface area contributed by atoms with E-state index >= 15 is 0 Å². The minimum absolute atomic E-state index is 0.624. The van der Waals surface area contributed by atoms with Crippen molar-refractivity contribution in [1.29, 1.82) is 0 Å². The third-order valence-corrected chi connectivity index (χ3v) is 12.7. The van der Waals surface area contributed by atoms with E-state index < -0.39 is 0 Å². The van der Waals surface area contributed by atoms with E-state index in [1.807, 2.05) is 45.2 Å². The third kappa shape index (κ3) is 8.67. The number of hydrogen-bond donors (Lipinski definition) is 1. The van der Waals surface area contributed by atoms with Crippen LogP contribution in [0.4, 0.5) is 5.69 Å². The molecule has 0 aliphatic heterocycles. The summed E-state index contributed by atoms with van der Waals surface area (Å²) in [5.41, 5.74) is 19.0. The quantitative estimate of drug-likeness (QED) is 0.147. The van der Waals surface area contributed by atoms with Crippen LogP contribution < -0.4 is 5.32 Å². The zero-order valence-corrected chi connectivity index (χ0v) is 38.2. The van der Waals surface area contributed by atoms with Crippen molar-refractivity contribution in [3.05, 3.63) is 210 Å². The summed E-state index contributed by atoms with van der Waals surface area (Å²) in [4.78, 5) is 0. The van der Waals surface area contributed by atoms with Crippen LogP contribution >= 0.6 is 0 Å². The number of furan rings is 2. The summed E-state index contributed by atoms with van der Waals surface area (Å²) in [5, 5.41) is 7.80. The topological polar surface area (TPSA) is 38.3 Å². The maximum atomic E-state index is 6.37. The van der Waals surface area contributed by atoms with Crippen LogP contribution in [0.1, 0.15) is 74.6 Å². The molecule has 3 nitrogen and oxygen atoms in total. The van der Waals surface area contributed by atoms with Crippen molar-refractivity contribution in [2.24, 2.45) is 0 Å². The predicted molar refractivity (Wildman–Crippen MR) is 280 cm³/mol. The maximum Gasteiger partial charge on any atom is 0.143 e. The van der Waals surface area contributed by atoms with Crippen LogP contribution in [-0.4, -0.2) is 7.05 Å². The first-order chi connectivity index (χ1) is 32.1. The highest BCUT2D eigenvalue weighted by atomic mass is 16.3. The van der Waals surface area contributed by atoms with Crippen molar-refractivity contribution in [3.63, 3.8) is 0 Å². The van der Waals surface area contributed by atoms with E-state index in [1.165, 1.54) is 80.1 Å². The first-order valence-electron chi connectivity index (χ1n) is 23.3. The lowest BCUT2D eigenvalue weighted by Crippen LogP contribution is -2.12. The second-order valence-electron chi connectivity index (χ2n) is 16.6. The SMILES string of the molecule is CC.CC/C=C(\C=C/c1cccc(-c2cccc(-c3ccccc3C)c2C2CCC2)c1)c1cccc2c1oc1ccccc12.CNc1ccc(-c2cccc3c2oc2ccccc23)cc1. The third-order valence-electron chi connectivity index (χ3n) is 12.7. The van der Waals surface area contributed by atoms with Crippen LogP contribution in [0, 0.1) is 6.92 Å². The van der Waals surface area contributed by atoms with Gasteiger partial charge in [-0.2, -0.15) is 0 Å². The molecule has 2 aromatic heterocycles. The standard InChI is InChI=1S/C41H36O.C19H15NO.C2H6/c1-3-12-30(35-21-11-23-38-36-19-6-7-24-39(36)42-41(35)38)26-25-29-14-8-17-32(27-29)34-20-10-22-37(40(34)31-15-9-16-31)33-18-5-4-13-28(33)2;1-20-14-11-9-13(10-12-14)15-6-4-7-17-16-5-2-3-8-18(16)21-19(15)17;1-2/h4-8,10-14,17-27,31H,3,9,15-16H2,1-2H3;2-12,20H,1H3;1-2H3/b26-25-,30-12+;;. The largest absolute Gasteiger partial charge is 0.455 e. The molecule has 1 N–H and O–H groups in total. The van der Waals surface area contributed by atoms with E-state index in [9.17, 15) is 0 Å². The van der Waals surface area contributed by atoms with Crippen molar-refractivity contribution < 1.29 is 8.83 Å². The van der Waals surface area contributed by atoms with Gasteiger partial charge in [0.15, 0.2) is 0 Å². The van der Waals surface area contributed by atoms with Gasteiger partial charge in [0.2, 0.25) is 0 Å². The van der Waals surface area contributed by atoms with Crippen LogP contribution in [0.3, 0.4) is 0 Å². The molecule has 322 valence electrons. The highest BCUT2D eigenvalue weighted by molar-refractivity contribution is 6.10. The van der Waals surface area contributed by atoms with E-state index in [0.29, 0.717) is 5.92 Å². The Bertz CT molecular complexity index is 3300. The number of para-hydroxylation sites is 4. The Morgan fingerprint density at radius 3 is 1.85 bits per heavy atom. The Morgan fingerprint density at radius 2 is 1.15 bits per heavy atom. The molecule has 0 bridgehead atoms. The molecule has 1 aliphatic carbocycles. The fraction of sp³-hybridized carbons (Fsp3) is 0.161. The number of nitrogens with one attached hydrogen (secondary N) is 1. The Kier molecular flexibility index (Phi) is 12.9. The number of fused-ring (bicyclic) bond motifs is 6. The Hall–Kier alpha value is -7.36. The summed E-state index contributed by atoms with van der Waals surface area (Å²) in [6, 6.07) is 62.4. The van der Waals surface area contributed by atoms with Crippen molar-refractivity contribution in [1.82, 2.24) is 0 Å². The van der Waals surface area contributed by atoms with Gasteiger partial charge < -0.3 is 14.2 Å². The molecule has 3 heteroatoms. The van der Waals surface area contributed by atoms with Crippen LogP contribution in [0.25, 0.3) is 88.9 Å². The fourth-order valence-electron chi connectivity index (χ4n) is 9.31. The monoisotopic (exact) mass is 847 g/mol. The number of allylic oxidation sites excluding steroid dienone is 3. The molecule has 1 aliphatic rings. The summed E-state index contributed by atoms with van der Waals surface area (Å²) in [6.07, 6.45) is 11.6. The van der Waals surface area contributed by atoms with Gasteiger partial charge in [-0.05, 0) is 113 Å². The molecule has 65 heavy (non-hydrogen) atoms. The summed E-state index contributed by atoms with van der Waals surface area (Å²) >= 11 is 0. The number of benzene rings is 8. The molecule has 10 aromatic rings. The summed E-state index contributed by atoms with van der Waals surface area (Å²) in [7, 11) is 1.93. The number of rotatable bonds is 9. The highest BCUT2D eigenvalue weighted by Gasteiger charge is 2.26. The molecule has 0 atom stereocenters. The van der Waals surface area contributed by atoms with Crippen molar-refractivity contribution in [2.45, 2.75) is 59.3 Å². The molecule has 0 radical (unpaired) electrons. The normalized spacial score (nSPS) is 12.8. The molecule has 0 saturated heterocycles. The molecule has 2 heterocycles. The highest BCUT2D eigenvalue weighted by Crippen LogP contribution is 2.47. The maximum absolute atomic E-state index is 6.37. The molecule has 8 aromatic carbocycles. The first-order valence-corrected chi connectivity index (χ1v) is 23.3. The molecule has 0 spiro atoms. The molecular formula is C62H57NO2. The second-order valence-corrected chi connectivity index (χ2v) is 16.6. The molecule has 0 unspecified atom stereocenters. The lowest BCUT2D eigenvalue weighted by molar-refractivity contribution is 0.421. The zero-order chi connectivity index (χ0) is 44.7. The number of anilines is 1. The number of hydrogen-bond acceptors (Lipinski definition) is 3. The van der Waals surface area contributed by atoms with Crippen LogP contribution in [0.15, 0.2) is 197 Å². The van der Waals surface area contributed by atoms with Crippen LogP contribution in [-0.2, 0) is 0 Å². The average Bonchev–Trinajstić information content (AvgIpc) is 3.93. The molecule has 11 rings (SSSR count). The Morgan fingerprint density at radius 1 is 0.569 bits per heavy atom. The van der Waals surface area contributed by atoms with Gasteiger partial charge in [0.1, 0.15) is 22.3 Å². The smallest absolute Gasteiger partial charge is 0.143 e. The lowest BCUT2D eigenvalue weighted by Gasteiger charge is -2.31. The molecule has 1 fully saturated rings. The Balaban J connectivity index is 0.000000193. The first kappa shape index (κ1) is 42.9. The minimum Gasteiger partial charge on any atom is -0.455 e. The summed E-state index contributed by atoms with van der Waals surface area (Å²) in [5.74, 6) is 0.624. The molecule has 0 amide bonds. The van der Waals surface area contributed by atoms with Gasteiger partial charge in [0, 0.05) is 45.4 Å².